The van der Waals surface area contributed by atoms with E-state index in [-0.39, 0.29) is 11.4 Å². The van der Waals surface area contributed by atoms with Gasteiger partial charge in [0.25, 0.3) is 0 Å². The first-order chi connectivity index (χ1) is 12.6. The van der Waals surface area contributed by atoms with Crippen molar-refractivity contribution in [2.75, 3.05) is 50.1 Å². The van der Waals surface area contributed by atoms with Gasteiger partial charge in [-0.05, 0) is 25.6 Å². The van der Waals surface area contributed by atoms with Gasteiger partial charge in [-0.15, -0.1) is 0 Å². The van der Waals surface area contributed by atoms with Crippen molar-refractivity contribution in [1.29, 1.82) is 0 Å². The van der Waals surface area contributed by atoms with Crippen LogP contribution in [-0.4, -0.2) is 71.6 Å². The van der Waals surface area contributed by atoms with E-state index in [0.717, 1.165) is 31.0 Å². The molecule has 0 aromatic carbocycles. The monoisotopic (exact) mass is 354 g/mol. The zero-order valence-electron chi connectivity index (χ0n) is 15.0. The minimum Gasteiger partial charge on any atom is -0.481 e. The number of aromatic nitrogens is 3. The number of likely N-dealkylation sites (N-methyl/N-ethyl adjacent to an activating group) is 1. The van der Waals surface area contributed by atoms with Crippen LogP contribution in [0.2, 0.25) is 0 Å². The molecule has 1 spiro atoms. The van der Waals surface area contributed by atoms with E-state index < -0.39 is 0 Å². The lowest BCUT2D eigenvalue weighted by Crippen LogP contribution is -2.64. The van der Waals surface area contributed by atoms with Gasteiger partial charge in [-0.25, -0.2) is 9.97 Å². The fourth-order valence-electron chi connectivity index (χ4n) is 3.81. The summed E-state index contributed by atoms with van der Waals surface area (Å²) in [4.78, 5) is 31.5. The second-order valence-corrected chi connectivity index (χ2v) is 6.86. The van der Waals surface area contributed by atoms with E-state index in [1.165, 1.54) is 6.33 Å². The van der Waals surface area contributed by atoms with Crippen LogP contribution in [0.25, 0.3) is 0 Å². The second kappa shape index (κ2) is 6.53. The van der Waals surface area contributed by atoms with E-state index in [9.17, 15) is 4.79 Å². The SMILES string of the molecule is COc1cc(N2CC[C@]3(C2)CN(c2cccnc2)C(=O)CN3C)ncn1. The summed E-state index contributed by atoms with van der Waals surface area (Å²) < 4.78 is 5.21. The Morgan fingerprint density at radius 2 is 2.15 bits per heavy atom. The van der Waals surface area contributed by atoms with Crippen molar-refractivity contribution in [3.05, 3.63) is 36.9 Å². The molecule has 2 aromatic heterocycles. The number of ether oxygens (including phenoxy) is 1. The van der Waals surface area contributed by atoms with Gasteiger partial charge in [0, 0.05) is 31.9 Å². The zero-order valence-corrected chi connectivity index (χ0v) is 15.0. The number of carbonyl (C=O) groups is 1. The summed E-state index contributed by atoms with van der Waals surface area (Å²) in [7, 11) is 3.63. The second-order valence-electron chi connectivity index (χ2n) is 6.86. The molecule has 2 saturated heterocycles. The molecule has 2 fully saturated rings. The Labute approximate surface area is 152 Å². The van der Waals surface area contributed by atoms with Crippen LogP contribution < -0.4 is 14.5 Å². The summed E-state index contributed by atoms with van der Waals surface area (Å²) in [6, 6.07) is 5.65. The van der Waals surface area contributed by atoms with Gasteiger partial charge >= 0.3 is 0 Å². The third-order valence-corrected chi connectivity index (χ3v) is 5.39. The summed E-state index contributed by atoms with van der Waals surface area (Å²) in [5.41, 5.74) is 0.745. The molecule has 0 aliphatic carbocycles. The average Bonchev–Trinajstić information content (AvgIpc) is 3.11. The quantitative estimate of drug-likeness (QED) is 0.807. The molecule has 136 valence electrons. The van der Waals surface area contributed by atoms with Gasteiger partial charge < -0.3 is 14.5 Å². The lowest BCUT2D eigenvalue weighted by atomic mass is 9.92. The molecule has 1 amide bonds. The molecular formula is C18H22N6O2. The number of pyridine rings is 1. The number of methoxy groups -OCH3 is 1. The fourth-order valence-corrected chi connectivity index (χ4v) is 3.81. The maximum Gasteiger partial charge on any atom is 0.241 e. The first-order valence-corrected chi connectivity index (χ1v) is 8.64. The Balaban J connectivity index is 1.58. The first kappa shape index (κ1) is 16.7. The molecule has 0 radical (unpaired) electrons. The molecule has 26 heavy (non-hydrogen) atoms. The van der Waals surface area contributed by atoms with Crippen molar-refractivity contribution in [2.24, 2.45) is 0 Å². The fraction of sp³-hybridized carbons (Fsp3) is 0.444. The molecule has 2 aromatic rings. The Hall–Kier alpha value is -2.74. The molecule has 0 bridgehead atoms. The predicted octanol–water partition coefficient (Wildman–Crippen LogP) is 0.808. The van der Waals surface area contributed by atoms with E-state index in [1.54, 1.807) is 19.5 Å². The molecule has 2 aliphatic rings. The van der Waals surface area contributed by atoms with Crippen molar-refractivity contribution >= 4 is 17.4 Å². The Morgan fingerprint density at radius 1 is 1.27 bits per heavy atom. The molecule has 0 N–H and O–H groups in total. The van der Waals surface area contributed by atoms with Crippen molar-refractivity contribution in [3.63, 3.8) is 0 Å². The van der Waals surface area contributed by atoms with Gasteiger partial charge in [0.05, 0.1) is 31.1 Å². The van der Waals surface area contributed by atoms with Crippen LogP contribution in [0, 0.1) is 0 Å². The van der Waals surface area contributed by atoms with Gasteiger partial charge in [-0.3, -0.25) is 14.7 Å². The molecular weight excluding hydrogens is 332 g/mol. The van der Waals surface area contributed by atoms with E-state index in [1.807, 2.05) is 30.1 Å². The predicted molar refractivity (Wildman–Crippen MR) is 97.4 cm³/mol. The summed E-state index contributed by atoms with van der Waals surface area (Å²) in [5.74, 6) is 1.51. The average molecular weight is 354 g/mol. The minimum absolute atomic E-state index is 0.105. The molecule has 8 nitrogen and oxygen atoms in total. The highest BCUT2D eigenvalue weighted by Gasteiger charge is 2.48. The highest BCUT2D eigenvalue weighted by Crippen LogP contribution is 2.35. The van der Waals surface area contributed by atoms with E-state index in [2.05, 4.69) is 24.8 Å². The van der Waals surface area contributed by atoms with Crippen LogP contribution >= 0.6 is 0 Å². The van der Waals surface area contributed by atoms with Gasteiger partial charge in [-0.2, -0.15) is 0 Å². The number of hydrogen-bond donors (Lipinski definition) is 0. The number of nitrogens with zero attached hydrogens (tertiary/aromatic N) is 6. The van der Waals surface area contributed by atoms with Gasteiger partial charge in [-0.1, -0.05) is 0 Å². The smallest absolute Gasteiger partial charge is 0.241 e. The number of anilines is 2. The lowest BCUT2D eigenvalue weighted by Gasteiger charge is -2.46. The van der Waals surface area contributed by atoms with E-state index in [4.69, 9.17) is 4.74 Å². The van der Waals surface area contributed by atoms with Crippen molar-refractivity contribution in [2.45, 2.75) is 12.0 Å². The van der Waals surface area contributed by atoms with Gasteiger partial charge in [0.1, 0.15) is 12.1 Å². The van der Waals surface area contributed by atoms with Gasteiger partial charge in [0.2, 0.25) is 11.8 Å². The lowest BCUT2D eigenvalue weighted by molar-refractivity contribution is -0.123. The normalized spacial score (nSPS) is 23.7. The molecule has 1 atom stereocenters. The summed E-state index contributed by atoms with van der Waals surface area (Å²) >= 11 is 0. The molecule has 0 unspecified atom stereocenters. The molecule has 2 aliphatic heterocycles. The number of hydrogen-bond acceptors (Lipinski definition) is 7. The van der Waals surface area contributed by atoms with Crippen LogP contribution in [0.5, 0.6) is 5.88 Å². The molecule has 4 rings (SSSR count). The topological polar surface area (TPSA) is 74.7 Å². The largest absolute Gasteiger partial charge is 0.481 e. The van der Waals surface area contributed by atoms with Crippen LogP contribution in [0.3, 0.4) is 0 Å². The van der Waals surface area contributed by atoms with E-state index in [0.29, 0.717) is 19.0 Å². The highest BCUT2D eigenvalue weighted by atomic mass is 16.5. The maximum atomic E-state index is 12.6. The summed E-state index contributed by atoms with van der Waals surface area (Å²) in [6.45, 7) is 2.72. The van der Waals surface area contributed by atoms with Crippen LogP contribution in [0.1, 0.15) is 6.42 Å². The molecule has 8 heteroatoms. The van der Waals surface area contributed by atoms with E-state index >= 15 is 0 Å². The Bertz CT molecular complexity index is 801. The number of piperazine rings is 1. The van der Waals surface area contributed by atoms with Crippen LogP contribution in [-0.2, 0) is 4.79 Å². The van der Waals surface area contributed by atoms with Gasteiger partial charge in [0.15, 0.2) is 0 Å². The molecule has 4 heterocycles. The highest BCUT2D eigenvalue weighted by molar-refractivity contribution is 5.95. The van der Waals surface area contributed by atoms with Crippen molar-refractivity contribution in [3.8, 4) is 5.88 Å². The van der Waals surface area contributed by atoms with Crippen molar-refractivity contribution < 1.29 is 9.53 Å². The first-order valence-electron chi connectivity index (χ1n) is 8.64. The standard InChI is InChI=1S/C18H22N6O2/c1-22-10-17(25)24(14-4-3-6-19-9-14)12-18(22)5-7-23(11-18)15-8-16(26-2)21-13-20-15/h3-4,6,8-9,13H,5,7,10-12H2,1-2H3/t18-/m0/s1. The Kier molecular flexibility index (Phi) is 4.20. The number of amides is 1. The summed E-state index contributed by atoms with van der Waals surface area (Å²) in [5, 5.41) is 0. The zero-order chi connectivity index (χ0) is 18.1. The number of rotatable bonds is 3. The van der Waals surface area contributed by atoms with Crippen molar-refractivity contribution in [1.82, 2.24) is 19.9 Å². The third-order valence-electron chi connectivity index (χ3n) is 5.39. The number of carbonyl (C=O) groups excluding carboxylic acids is 1. The van der Waals surface area contributed by atoms with Crippen LogP contribution in [0.15, 0.2) is 36.9 Å². The minimum atomic E-state index is -0.109. The Morgan fingerprint density at radius 3 is 2.92 bits per heavy atom. The third kappa shape index (κ3) is 2.86. The molecule has 0 saturated carbocycles. The van der Waals surface area contributed by atoms with Crippen LogP contribution in [0.4, 0.5) is 11.5 Å². The maximum absolute atomic E-state index is 12.6. The summed E-state index contributed by atoms with van der Waals surface area (Å²) in [6.07, 6.45) is 5.95.